The van der Waals surface area contributed by atoms with E-state index in [1.165, 1.54) is 7.11 Å². The van der Waals surface area contributed by atoms with Crippen molar-refractivity contribution in [2.24, 2.45) is 11.8 Å². The summed E-state index contributed by atoms with van der Waals surface area (Å²) in [4.78, 5) is 12.3. The average molecular weight is 266 g/mol. The Morgan fingerprint density at radius 1 is 1.50 bits per heavy atom. The van der Waals surface area contributed by atoms with Crippen LogP contribution in [-0.2, 0) is 0 Å². The van der Waals surface area contributed by atoms with Gasteiger partial charge in [-0.2, -0.15) is 5.26 Å². The van der Waals surface area contributed by atoms with E-state index in [-0.39, 0.29) is 11.7 Å². The molecule has 1 atom stereocenters. The monoisotopic (exact) mass is 265 g/mol. The van der Waals surface area contributed by atoms with Crippen molar-refractivity contribution in [2.45, 2.75) is 20.3 Å². The van der Waals surface area contributed by atoms with Crippen LogP contribution in [0.2, 0.25) is 5.02 Å². The summed E-state index contributed by atoms with van der Waals surface area (Å²) < 4.78 is 5.13. The fraction of sp³-hybridized carbons (Fsp3) is 0.429. The number of nitrogens with zero attached hydrogens (tertiary/aromatic N) is 1. The summed E-state index contributed by atoms with van der Waals surface area (Å²) in [6.45, 7) is 3.96. The maximum absolute atomic E-state index is 12.3. The summed E-state index contributed by atoms with van der Waals surface area (Å²) in [6.07, 6.45) is 0.533. The maximum atomic E-state index is 12.3. The lowest BCUT2D eigenvalue weighted by Gasteiger charge is -2.13. The summed E-state index contributed by atoms with van der Waals surface area (Å²) in [7, 11) is 1.49. The molecule has 1 unspecified atom stereocenters. The van der Waals surface area contributed by atoms with Gasteiger partial charge in [-0.05, 0) is 30.5 Å². The molecule has 0 amide bonds. The van der Waals surface area contributed by atoms with E-state index >= 15 is 0 Å². The van der Waals surface area contributed by atoms with Gasteiger partial charge in [0.15, 0.2) is 5.78 Å². The molecule has 3 nitrogen and oxygen atoms in total. The summed E-state index contributed by atoms with van der Waals surface area (Å²) in [5, 5.41) is 9.55. The second-order valence-electron chi connectivity index (χ2n) is 4.52. The lowest BCUT2D eigenvalue weighted by atomic mass is 9.90. The number of ether oxygens (including phenoxy) is 1. The van der Waals surface area contributed by atoms with Crippen molar-refractivity contribution in [3.8, 4) is 11.8 Å². The molecule has 96 valence electrons. The smallest absolute Gasteiger partial charge is 0.183 e. The lowest BCUT2D eigenvalue weighted by molar-refractivity contribution is 0.0934. The van der Waals surface area contributed by atoms with Gasteiger partial charge in [-0.1, -0.05) is 25.4 Å². The minimum Gasteiger partial charge on any atom is -0.496 e. The summed E-state index contributed by atoms with van der Waals surface area (Å²) >= 11 is 5.88. The van der Waals surface area contributed by atoms with Crippen LogP contribution in [0.4, 0.5) is 0 Å². The first-order valence-electron chi connectivity index (χ1n) is 5.77. The molecule has 18 heavy (non-hydrogen) atoms. The molecule has 0 radical (unpaired) electrons. The zero-order chi connectivity index (χ0) is 13.7. The Morgan fingerprint density at radius 3 is 2.67 bits per heavy atom. The van der Waals surface area contributed by atoms with Gasteiger partial charge in [0.2, 0.25) is 0 Å². The van der Waals surface area contributed by atoms with Crippen LogP contribution in [0.3, 0.4) is 0 Å². The Kier molecular flexibility index (Phi) is 5.18. The van der Waals surface area contributed by atoms with Gasteiger partial charge >= 0.3 is 0 Å². The largest absolute Gasteiger partial charge is 0.496 e. The van der Waals surface area contributed by atoms with Gasteiger partial charge in [0, 0.05) is 5.02 Å². The molecule has 0 spiro atoms. The number of methoxy groups -OCH3 is 1. The number of nitriles is 1. The molecule has 0 aliphatic rings. The predicted molar refractivity (Wildman–Crippen MR) is 70.9 cm³/mol. The van der Waals surface area contributed by atoms with Crippen molar-refractivity contribution < 1.29 is 9.53 Å². The summed E-state index contributed by atoms with van der Waals surface area (Å²) in [5.41, 5.74) is 0.372. The van der Waals surface area contributed by atoms with Crippen molar-refractivity contribution in [1.29, 1.82) is 5.26 Å². The highest BCUT2D eigenvalue weighted by Gasteiger charge is 2.23. The molecule has 0 fully saturated rings. The van der Waals surface area contributed by atoms with E-state index in [1.807, 2.05) is 13.8 Å². The van der Waals surface area contributed by atoms with Crippen LogP contribution < -0.4 is 4.74 Å². The Balaban J connectivity index is 3.09. The van der Waals surface area contributed by atoms with Crippen LogP contribution >= 0.6 is 11.6 Å². The third-order valence-corrected chi connectivity index (χ3v) is 2.84. The highest BCUT2D eigenvalue weighted by Crippen LogP contribution is 2.27. The molecule has 0 aliphatic carbocycles. The molecule has 0 N–H and O–H groups in total. The van der Waals surface area contributed by atoms with Gasteiger partial charge in [-0.3, -0.25) is 4.79 Å². The highest BCUT2D eigenvalue weighted by atomic mass is 35.5. The van der Waals surface area contributed by atoms with Crippen LogP contribution in [0.15, 0.2) is 18.2 Å². The topological polar surface area (TPSA) is 50.1 Å². The van der Waals surface area contributed by atoms with Crippen molar-refractivity contribution >= 4 is 17.4 Å². The molecule has 0 saturated heterocycles. The predicted octanol–water partition coefficient (Wildman–Crippen LogP) is 3.72. The van der Waals surface area contributed by atoms with Gasteiger partial charge in [0.1, 0.15) is 11.7 Å². The third kappa shape index (κ3) is 3.48. The quantitative estimate of drug-likeness (QED) is 0.763. The number of hydrogen-bond donors (Lipinski definition) is 0. The van der Waals surface area contributed by atoms with E-state index in [0.717, 1.165) is 0 Å². The average Bonchev–Trinajstić information content (AvgIpc) is 2.34. The number of hydrogen-bond acceptors (Lipinski definition) is 3. The van der Waals surface area contributed by atoms with Crippen LogP contribution in [0, 0.1) is 23.2 Å². The minimum atomic E-state index is -0.655. The maximum Gasteiger partial charge on any atom is 0.183 e. The molecule has 0 aliphatic heterocycles. The van der Waals surface area contributed by atoms with Crippen LogP contribution in [-0.4, -0.2) is 12.9 Å². The van der Waals surface area contributed by atoms with Gasteiger partial charge < -0.3 is 4.74 Å². The molecule has 4 heteroatoms. The van der Waals surface area contributed by atoms with Gasteiger partial charge in [-0.25, -0.2) is 0 Å². The number of rotatable bonds is 5. The van der Waals surface area contributed by atoms with Crippen molar-refractivity contribution in [3.05, 3.63) is 28.8 Å². The van der Waals surface area contributed by atoms with Gasteiger partial charge in [-0.15, -0.1) is 0 Å². The lowest BCUT2D eigenvalue weighted by Crippen LogP contribution is -2.16. The Hall–Kier alpha value is -1.53. The van der Waals surface area contributed by atoms with Crippen molar-refractivity contribution in [2.75, 3.05) is 7.11 Å². The van der Waals surface area contributed by atoms with Gasteiger partial charge in [0.05, 0.1) is 18.7 Å². The van der Waals surface area contributed by atoms with Crippen LogP contribution in [0.5, 0.6) is 5.75 Å². The zero-order valence-electron chi connectivity index (χ0n) is 10.7. The first kappa shape index (κ1) is 14.5. The Morgan fingerprint density at radius 2 is 2.17 bits per heavy atom. The number of Topliss-reactive ketones (excluding diaryl/α,β-unsaturated/α-hetero) is 1. The number of carbonyl (C=O) groups is 1. The van der Waals surface area contributed by atoms with E-state index < -0.39 is 5.92 Å². The van der Waals surface area contributed by atoms with Gasteiger partial charge in [0.25, 0.3) is 0 Å². The fourth-order valence-electron chi connectivity index (χ4n) is 1.75. The number of benzene rings is 1. The number of carbonyl (C=O) groups excluding carboxylic acids is 1. The second-order valence-corrected chi connectivity index (χ2v) is 4.96. The SMILES string of the molecule is COc1ccc(Cl)cc1C(=O)C(C#N)CC(C)C. The van der Waals surface area contributed by atoms with E-state index in [2.05, 4.69) is 6.07 Å². The molecular formula is C14H16ClNO2. The number of ketones is 1. The van der Waals surface area contributed by atoms with Crippen LogP contribution in [0.25, 0.3) is 0 Å². The van der Waals surface area contributed by atoms with Crippen molar-refractivity contribution in [1.82, 2.24) is 0 Å². The Bertz CT molecular complexity index is 477. The third-order valence-electron chi connectivity index (χ3n) is 2.61. The second kappa shape index (κ2) is 6.42. The molecular weight excluding hydrogens is 250 g/mol. The normalized spacial score (nSPS) is 12.0. The minimum absolute atomic E-state index is 0.231. The summed E-state index contributed by atoms with van der Waals surface area (Å²) in [6, 6.07) is 6.90. The van der Waals surface area contributed by atoms with E-state index in [9.17, 15) is 4.79 Å². The zero-order valence-corrected chi connectivity index (χ0v) is 11.5. The Labute approximate surface area is 112 Å². The van der Waals surface area contributed by atoms with Crippen LogP contribution in [0.1, 0.15) is 30.6 Å². The van der Waals surface area contributed by atoms with E-state index in [4.69, 9.17) is 21.6 Å². The molecule has 0 bridgehead atoms. The molecule has 0 aromatic heterocycles. The number of halogens is 1. The summed E-state index contributed by atoms with van der Waals surface area (Å²) in [5.74, 6) is -0.153. The first-order chi connectivity index (χ1) is 8.49. The first-order valence-corrected chi connectivity index (χ1v) is 6.14. The molecule has 1 aromatic carbocycles. The molecule has 1 aromatic rings. The van der Waals surface area contributed by atoms with E-state index in [0.29, 0.717) is 22.8 Å². The van der Waals surface area contributed by atoms with E-state index in [1.54, 1.807) is 18.2 Å². The fourth-order valence-corrected chi connectivity index (χ4v) is 1.92. The molecule has 1 rings (SSSR count). The standard InChI is InChI=1S/C14H16ClNO2/c1-9(2)6-10(8-16)14(17)12-7-11(15)4-5-13(12)18-3/h4-5,7,9-10H,6H2,1-3H3. The molecule has 0 heterocycles. The highest BCUT2D eigenvalue weighted by molar-refractivity contribution is 6.31. The van der Waals surface area contributed by atoms with Crippen molar-refractivity contribution in [3.63, 3.8) is 0 Å². The molecule has 0 saturated carbocycles.